The second-order valence-corrected chi connectivity index (χ2v) is 9.10. The highest BCUT2D eigenvalue weighted by atomic mass is 79.9. The van der Waals surface area contributed by atoms with Gasteiger partial charge in [-0.25, -0.2) is 4.79 Å². The number of nitrogens with zero attached hydrogens (tertiary/aromatic N) is 2. The van der Waals surface area contributed by atoms with Crippen LogP contribution in [0.4, 0.5) is 4.79 Å². The second kappa shape index (κ2) is 7.23. The van der Waals surface area contributed by atoms with E-state index in [4.69, 9.17) is 4.74 Å². The molecule has 1 amide bonds. The molecule has 1 aliphatic carbocycles. The Bertz CT molecular complexity index is 945. The lowest BCUT2D eigenvalue weighted by Crippen LogP contribution is -2.44. The Hall–Kier alpha value is -1.79. The monoisotopic (exact) mass is 443 g/mol. The fraction of sp³-hybridized carbons (Fsp3) is 0.500. The van der Waals surface area contributed by atoms with Crippen molar-refractivity contribution in [3.63, 3.8) is 0 Å². The molecule has 0 bridgehead atoms. The molecule has 5 rings (SSSR count). The second-order valence-electron chi connectivity index (χ2n) is 8.31. The molecule has 2 atom stereocenters. The fourth-order valence-corrected chi connectivity index (χ4v) is 5.62. The van der Waals surface area contributed by atoms with Crippen LogP contribution in [0.2, 0.25) is 0 Å². The molecule has 0 radical (unpaired) electrons. The number of benzene rings is 1. The van der Waals surface area contributed by atoms with Crippen molar-refractivity contribution in [1.29, 1.82) is 0 Å². The molecule has 1 N–H and O–H groups in total. The van der Waals surface area contributed by atoms with E-state index in [9.17, 15) is 4.79 Å². The number of aromatic nitrogens is 1. The minimum atomic E-state index is -0.148. The minimum absolute atomic E-state index is 0.148. The van der Waals surface area contributed by atoms with Crippen LogP contribution in [0.3, 0.4) is 0 Å². The van der Waals surface area contributed by atoms with Crippen molar-refractivity contribution < 1.29 is 9.53 Å². The van der Waals surface area contributed by atoms with E-state index in [1.807, 2.05) is 4.90 Å². The number of amides is 1. The topological polar surface area (TPSA) is 48.6 Å². The van der Waals surface area contributed by atoms with Gasteiger partial charge in [-0.2, -0.15) is 0 Å². The van der Waals surface area contributed by atoms with Gasteiger partial charge >= 0.3 is 6.09 Å². The number of aromatic amines is 1. The average Bonchev–Trinajstić information content (AvgIpc) is 3.04. The number of likely N-dealkylation sites (tertiary alicyclic amines) is 1. The van der Waals surface area contributed by atoms with Gasteiger partial charge in [0.1, 0.15) is 6.61 Å². The normalized spacial score (nSPS) is 24.8. The summed E-state index contributed by atoms with van der Waals surface area (Å²) in [4.78, 5) is 20.1. The van der Waals surface area contributed by atoms with E-state index in [0.717, 1.165) is 43.5 Å². The van der Waals surface area contributed by atoms with Gasteiger partial charge in [0.2, 0.25) is 0 Å². The number of halogens is 1. The van der Waals surface area contributed by atoms with Crippen molar-refractivity contribution in [2.75, 3.05) is 33.3 Å². The lowest BCUT2D eigenvalue weighted by atomic mass is 9.80. The molecule has 0 spiro atoms. The van der Waals surface area contributed by atoms with E-state index < -0.39 is 0 Å². The standard InChI is InChI=1S/C22H26BrN3O2/c1-25-12-14(13-28-22(27)26-8-3-2-4-9-26)10-16-15-6-5-7-18-20(15)17(11-19(16)25)21(23)24-18/h5-7,10,14,19,24H,2-4,8-9,11-13H2,1H3/t14?,19-/m0/s1. The number of hydrogen-bond donors (Lipinski definition) is 1. The Morgan fingerprint density at radius 2 is 2.11 bits per heavy atom. The number of hydrogen-bond acceptors (Lipinski definition) is 3. The van der Waals surface area contributed by atoms with E-state index in [0.29, 0.717) is 12.6 Å². The first-order valence-electron chi connectivity index (χ1n) is 10.2. The molecule has 1 saturated heterocycles. The lowest BCUT2D eigenvalue weighted by Gasteiger charge is -2.40. The third-order valence-corrected chi connectivity index (χ3v) is 7.12. The molecule has 1 unspecified atom stereocenters. The van der Waals surface area contributed by atoms with Gasteiger partial charge in [0.05, 0.1) is 4.60 Å². The Balaban J connectivity index is 1.39. The van der Waals surface area contributed by atoms with Gasteiger partial charge in [0.15, 0.2) is 0 Å². The summed E-state index contributed by atoms with van der Waals surface area (Å²) in [5, 5.41) is 1.33. The van der Waals surface area contributed by atoms with Crippen molar-refractivity contribution in [1.82, 2.24) is 14.8 Å². The van der Waals surface area contributed by atoms with Gasteiger partial charge in [-0.05, 0) is 71.4 Å². The van der Waals surface area contributed by atoms with Gasteiger partial charge in [-0.3, -0.25) is 4.90 Å². The maximum Gasteiger partial charge on any atom is 0.409 e. The van der Waals surface area contributed by atoms with Gasteiger partial charge in [0.25, 0.3) is 0 Å². The SMILES string of the molecule is CN1CC(COC(=O)N2CCCCC2)C=C2c3cccc4[nH]c(Br)c(c34)C[C@@H]21. The van der Waals surface area contributed by atoms with Gasteiger partial charge in [-0.1, -0.05) is 18.2 Å². The average molecular weight is 444 g/mol. The number of rotatable bonds is 2. The number of fused-ring (bicyclic) bond motifs is 2. The summed E-state index contributed by atoms with van der Waals surface area (Å²) in [7, 11) is 2.18. The summed E-state index contributed by atoms with van der Waals surface area (Å²) in [6, 6.07) is 6.85. The number of carbonyl (C=O) groups is 1. The Morgan fingerprint density at radius 3 is 2.93 bits per heavy atom. The third kappa shape index (κ3) is 3.07. The molecule has 2 aromatic rings. The van der Waals surface area contributed by atoms with Crippen LogP contribution in [0, 0.1) is 5.92 Å². The first-order chi connectivity index (χ1) is 13.6. The smallest absolute Gasteiger partial charge is 0.409 e. The highest BCUT2D eigenvalue weighted by Gasteiger charge is 2.35. The molecule has 0 saturated carbocycles. The molecule has 2 aliphatic heterocycles. The molecule has 1 aromatic heterocycles. The molecular weight excluding hydrogens is 418 g/mol. The van der Waals surface area contributed by atoms with Crippen molar-refractivity contribution in [3.05, 3.63) is 40.0 Å². The largest absolute Gasteiger partial charge is 0.449 e. The van der Waals surface area contributed by atoms with Gasteiger partial charge in [-0.15, -0.1) is 0 Å². The highest BCUT2D eigenvalue weighted by Crippen LogP contribution is 2.43. The van der Waals surface area contributed by atoms with E-state index >= 15 is 0 Å². The highest BCUT2D eigenvalue weighted by molar-refractivity contribution is 9.10. The number of H-pyrrole nitrogens is 1. The Morgan fingerprint density at radius 1 is 1.29 bits per heavy atom. The van der Waals surface area contributed by atoms with Crippen molar-refractivity contribution in [3.8, 4) is 0 Å². The quantitative estimate of drug-likeness (QED) is 0.746. The van der Waals surface area contributed by atoms with Crippen LogP contribution < -0.4 is 0 Å². The van der Waals surface area contributed by atoms with E-state index in [1.165, 1.54) is 34.0 Å². The third-order valence-electron chi connectivity index (χ3n) is 6.45. The van der Waals surface area contributed by atoms with Crippen LogP contribution in [-0.2, 0) is 11.2 Å². The molecule has 148 valence electrons. The summed E-state index contributed by atoms with van der Waals surface area (Å²) < 4.78 is 6.80. The molecule has 3 aliphatic rings. The summed E-state index contributed by atoms with van der Waals surface area (Å²) >= 11 is 3.71. The van der Waals surface area contributed by atoms with Crippen LogP contribution in [0.25, 0.3) is 16.5 Å². The van der Waals surface area contributed by atoms with E-state index in [1.54, 1.807) is 0 Å². The molecule has 28 heavy (non-hydrogen) atoms. The van der Waals surface area contributed by atoms with Crippen LogP contribution in [-0.4, -0.2) is 60.2 Å². The zero-order valence-electron chi connectivity index (χ0n) is 16.2. The maximum absolute atomic E-state index is 12.4. The Kier molecular flexibility index (Phi) is 4.71. The number of piperidine rings is 1. The first kappa shape index (κ1) is 18.3. The molecular formula is C22H26BrN3O2. The summed E-state index contributed by atoms with van der Waals surface area (Å²) in [5.41, 5.74) is 5.23. The minimum Gasteiger partial charge on any atom is -0.449 e. The summed E-state index contributed by atoms with van der Waals surface area (Å²) in [5.74, 6) is 0.226. The number of likely N-dealkylation sites (N-methyl/N-ethyl adjacent to an activating group) is 1. The number of carbonyl (C=O) groups excluding carboxylic acids is 1. The predicted octanol–water partition coefficient (Wildman–Crippen LogP) is 4.42. The number of nitrogens with one attached hydrogen (secondary N) is 1. The molecule has 3 heterocycles. The predicted molar refractivity (Wildman–Crippen MR) is 114 cm³/mol. The van der Waals surface area contributed by atoms with E-state index in [-0.39, 0.29) is 12.0 Å². The van der Waals surface area contributed by atoms with E-state index in [2.05, 4.69) is 57.1 Å². The van der Waals surface area contributed by atoms with Crippen molar-refractivity contribution >= 4 is 38.5 Å². The Labute approximate surface area is 173 Å². The van der Waals surface area contributed by atoms with Crippen LogP contribution >= 0.6 is 15.9 Å². The van der Waals surface area contributed by atoms with Crippen molar-refractivity contribution in [2.45, 2.75) is 31.7 Å². The first-order valence-corrected chi connectivity index (χ1v) is 11.0. The van der Waals surface area contributed by atoms with Gasteiger partial charge < -0.3 is 14.6 Å². The molecule has 1 fully saturated rings. The summed E-state index contributed by atoms with van der Waals surface area (Å²) in [6.07, 6.45) is 6.60. The zero-order valence-corrected chi connectivity index (χ0v) is 17.8. The van der Waals surface area contributed by atoms with Crippen LogP contribution in [0.1, 0.15) is 30.4 Å². The summed E-state index contributed by atoms with van der Waals surface area (Å²) in [6.45, 7) is 3.03. The van der Waals surface area contributed by atoms with Crippen LogP contribution in [0.15, 0.2) is 28.9 Å². The zero-order chi connectivity index (χ0) is 19.3. The van der Waals surface area contributed by atoms with Crippen molar-refractivity contribution in [2.24, 2.45) is 5.92 Å². The number of ether oxygens (including phenoxy) is 1. The van der Waals surface area contributed by atoms with Crippen LogP contribution in [0.5, 0.6) is 0 Å². The maximum atomic E-state index is 12.4. The molecule has 1 aromatic carbocycles. The lowest BCUT2D eigenvalue weighted by molar-refractivity contribution is 0.0794. The molecule has 5 nitrogen and oxygen atoms in total. The fourth-order valence-electron chi connectivity index (χ4n) is 5.04. The van der Waals surface area contributed by atoms with Gasteiger partial charge in [0, 0.05) is 42.5 Å². The molecule has 6 heteroatoms.